The zero-order chi connectivity index (χ0) is 39.8. The molecule has 0 fully saturated rings. The molecule has 0 N–H and O–H groups in total. The quantitative estimate of drug-likeness (QED) is 0.148. The third-order valence-corrected chi connectivity index (χ3v) is 12.9. The Bertz CT molecular complexity index is 3290. The highest BCUT2D eigenvalue weighted by Crippen LogP contribution is 2.44. The molecule has 1 nitrogen and oxygen atoms in total. The topological polar surface area (TPSA) is 3.24 Å². The standard InChI is InChI=1S/C58H39NS/c1-2-12-40(13-3-1)42-24-26-43(27-25-42)44-30-34-50(35-31-44)59(56-22-8-6-18-52(56)49-29-28-41-14-4-5-15-46(41)39-49)51-36-32-45(33-37-51)47-16-10-17-48(38-47)53-20-11-21-55-54-19-7-9-23-57(54)60-58(53)55/h1-39H. The van der Waals surface area contributed by atoms with Crippen LogP contribution in [0.3, 0.4) is 0 Å². The molecule has 0 spiro atoms. The molecule has 1 aromatic heterocycles. The van der Waals surface area contributed by atoms with Crippen LogP contribution in [0.1, 0.15) is 0 Å². The first-order chi connectivity index (χ1) is 29.7. The lowest BCUT2D eigenvalue weighted by Crippen LogP contribution is -2.11. The van der Waals surface area contributed by atoms with Gasteiger partial charge in [0.1, 0.15) is 0 Å². The van der Waals surface area contributed by atoms with Gasteiger partial charge < -0.3 is 4.90 Å². The zero-order valence-electron chi connectivity index (χ0n) is 32.9. The minimum Gasteiger partial charge on any atom is -0.310 e. The molecule has 0 saturated carbocycles. The van der Waals surface area contributed by atoms with Crippen molar-refractivity contribution in [1.29, 1.82) is 0 Å². The van der Waals surface area contributed by atoms with E-state index >= 15 is 0 Å². The van der Waals surface area contributed by atoms with Gasteiger partial charge in [-0.1, -0.05) is 188 Å². The molecule has 10 aromatic carbocycles. The van der Waals surface area contributed by atoms with Crippen molar-refractivity contribution in [3.63, 3.8) is 0 Å². The van der Waals surface area contributed by atoms with Crippen molar-refractivity contribution in [1.82, 2.24) is 0 Å². The molecule has 60 heavy (non-hydrogen) atoms. The summed E-state index contributed by atoms with van der Waals surface area (Å²) in [5.41, 5.74) is 15.4. The maximum atomic E-state index is 2.40. The van der Waals surface area contributed by atoms with Crippen LogP contribution in [-0.2, 0) is 0 Å². The Hall–Kier alpha value is -7.52. The fourth-order valence-corrected chi connectivity index (χ4v) is 9.87. The number of anilines is 3. The van der Waals surface area contributed by atoms with Gasteiger partial charge in [-0.25, -0.2) is 0 Å². The van der Waals surface area contributed by atoms with Gasteiger partial charge in [0.25, 0.3) is 0 Å². The number of fused-ring (bicyclic) bond motifs is 4. The van der Waals surface area contributed by atoms with Crippen LogP contribution in [0.15, 0.2) is 237 Å². The second-order valence-corrected chi connectivity index (χ2v) is 16.4. The Balaban J connectivity index is 0.975. The van der Waals surface area contributed by atoms with Crippen molar-refractivity contribution in [3.05, 3.63) is 237 Å². The van der Waals surface area contributed by atoms with E-state index in [4.69, 9.17) is 0 Å². The van der Waals surface area contributed by atoms with Gasteiger partial charge in [-0.15, -0.1) is 11.3 Å². The van der Waals surface area contributed by atoms with Crippen molar-refractivity contribution >= 4 is 59.3 Å². The highest BCUT2D eigenvalue weighted by Gasteiger charge is 2.18. The number of para-hydroxylation sites is 1. The number of rotatable bonds is 8. The number of hydrogen-bond acceptors (Lipinski definition) is 2. The molecule has 11 aromatic rings. The molecule has 0 aliphatic heterocycles. The monoisotopic (exact) mass is 781 g/mol. The largest absolute Gasteiger partial charge is 0.310 e. The predicted molar refractivity (Wildman–Crippen MR) is 259 cm³/mol. The highest BCUT2D eigenvalue weighted by molar-refractivity contribution is 7.26. The second-order valence-electron chi connectivity index (χ2n) is 15.3. The van der Waals surface area contributed by atoms with Crippen LogP contribution in [-0.4, -0.2) is 0 Å². The van der Waals surface area contributed by atoms with Crippen LogP contribution >= 0.6 is 11.3 Å². The van der Waals surface area contributed by atoms with E-state index in [9.17, 15) is 0 Å². The first-order valence-electron chi connectivity index (χ1n) is 20.5. The Morgan fingerprint density at radius 2 is 0.767 bits per heavy atom. The molecule has 0 saturated heterocycles. The lowest BCUT2D eigenvalue weighted by molar-refractivity contribution is 1.28. The van der Waals surface area contributed by atoms with Gasteiger partial charge in [0.05, 0.1) is 5.69 Å². The molecular weight excluding hydrogens is 743 g/mol. The van der Waals surface area contributed by atoms with Crippen LogP contribution in [0.5, 0.6) is 0 Å². The van der Waals surface area contributed by atoms with Crippen LogP contribution in [0.25, 0.3) is 86.6 Å². The molecule has 11 rings (SSSR count). The summed E-state index contributed by atoms with van der Waals surface area (Å²) >= 11 is 1.88. The molecule has 282 valence electrons. The van der Waals surface area contributed by atoms with E-state index in [1.54, 1.807) is 0 Å². The summed E-state index contributed by atoms with van der Waals surface area (Å²) in [6, 6.07) is 86.1. The third kappa shape index (κ3) is 6.63. The molecule has 0 atom stereocenters. The molecular formula is C58H39NS. The van der Waals surface area contributed by atoms with Gasteiger partial charge >= 0.3 is 0 Å². The van der Waals surface area contributed by atoms with Crippen LogP contribution in [0, 0.1) is 0 Å². The molecule has 1 heterocycles. The molecule has 0 aliphatic carbocycles. The highest BCUT2D eigenvalue weighted by atomic mass is 32.1. The lowest BCUT2D eigenvalue weighted by Gasteiger charge is -2.28. The van der Waals surface area contributed by atoms with Gasteiger partial charge in [-0.3, -0.25) is 0 Å². The van der Waals surface area contributed by atoms with E-state index in [2.05, 4.69) is 241 Å². The number of hydrogen-bond donors (Lipinski definition) is 0. The van der Waals surface area contributed by atoms with Crippen molar-refractivity contribution in [2.45, 2.75) is 0 Å². The summed E-state index contributed by atoms with van der Waals surface area (Å²) in [6.45, 7) is 0. The normalized spacial score (nSPS) is 11.3. The average molecular weight is 782 g/mol. The zero-order valence-corrected chi connectivity index (χ0v) is 33.7. The Morgan fingerprint density at radius 3 is 1.52 bits per heavy atom. The maximum absolute atomic E-state index is 2.40. The SMILES string of the molecule is c1ccc(-c2ccc(-c3ccc(N(c4ccc(-c5cccc(-c6cccc7c6sc6ccccc67)c5)cc4)c4ccccc4-c4ccc5ccccc5c4)cc3)cc2)cc1. The lowest BCUT2D eigenvalue weighted by atomic mass is 9.97. The van der Waals surface area contributed by atoms with Gasteiger partial charge in [0.15, 0.2) is 0 Å². The van der Waals surface area contributed by atoms with Gasteiger partial charge in [0, 0.05) is 37.1 Å². The van der Waals surface area contributed by atoms with E-state index in [-0.39, 0.29) is 0 Å². The van der Waals surface area contributed by atoms with E-state index in [1.807, 2.05) is 11.3 Å². The van der Waals surface area contributed by atoms with E-state index < -0.39 is 0 Å². The summed E-state index contributed by atoms with van der Waals surface area (Å²) in [5, 5.41) is 5.11. The Labute approximate surface area is 354 Å². The van der Waals surface area contributed by atoms with Crippen molar-refractivity contribution in [3.8, 4) is 55.6 Å². The molecule has 2 heteroatoms. The summed E-state index contributed by atoms with van der Waals surface area (Å²) in [4.78, 5) is 2.40. The van der Waals surface area contributed by atoms with Gasteiger partial charge in [-0.05, 0) is 109 Å². The fraction of sp³-hybridized carbons (Fsp3) is 0. The first kappa shape index (κ1) is 35.6. The number of nitrogens with zero attached hydrogens (tertiary/aromatic N) is 1. The molecule has 0 aliphatic rings. The second kappa shape index (κ2) is 15.3. The number of thiophene rings is 1. The predicted octanol–water partition coefficient (Wildman–Crippen LogP) is 17.0. The average Bonchev–Trinajstić information content (AvgIpc) is 3.72. The minimum absolute atomic E-state index is 1.10. The molecule has 0 radical (unpaired) electrons. The van der Waals surface area contributed by atoms with Crippen LogP contribution in [0.2, 0.25) is 0 Å². The Kier molecular flexibility index (Phi) is 9.11. The van der Waals surface area contributed by atoms with Crippen LogP contribution in [0.4, 0.5) is 17.1 Å². The first-order valence-corrected chi connectivity index (χ1v) is 21.3. The summed E-state index contributed by atoms with van der Waals surface area (Å²) in [5.74, 6) is 0. The molecule has 0 unspecified atom stereocenters. The van der Waals surface area contributed by atoms with Crippen LogP contribution < -0.4 is 4.90 Å². The fourth-order valence-electron chi connectivity index (χ4n) is 8.63. The van der Waals surface area contributed by atoms with Crippen molar-refractivity contribution in [2.75, 3.05) is 4.90 Å². The molecule has 0 amide bonds. The Morgan fingerprint density at radius 1 is 0.283 bits per heavy atom. The number of benzene rings is 10. The smallest absolute Gasteiger partial charge is 0.0540 e. The van der Waals surface area contributed by atoms with E-state index in [1.165, 1.54) is 86.6 Å². The summed E-state index contributed by atoms with van der Waals surface area (Å²) < 4.78 is 2.66. The minimum atomic E-state index is 1.10. The molecule has 0 bridgehead atoms. The maximum Gasteiger partial charge on any atom is 0.0540 e. The van der Waals surface area contributed by atoms with E-state index in [0.717, 1.165) is 17.1 Å². The summed E-state index contributed by atoms with van der Waals surface area (Å²) in [6.07, 6.45) is 0. The van der Waals surface area contributed by atoms with Gasteiger partial charge in [-0.2, -0.15) is 0 Å². The van der Waals surface area contributed by atoms with Crippen molar-refractivity contribution < 1.29 is 0 Å². The van der Waals surface area contributed by atoms with Crippen molar-refractivity contribution in [2.24, 2.45) is 0 Å². The van der Waals surface area contributed by atoms with E-state index in [0.29, 0.717) is 0 Å². The van der Waals surface area contributed by atoms with Gasteiger partial charge in [0.2, 0.25) is 0 Å². The summed E-state index contributed by atoms with van der Waals surface area (Å²) in [7, 11) is 0. The third-order valence-electron chi connectivity index (χ3n) is 11.7.